The zero-order valence-corrected chi connectivity index (χ0v) is 11.5. The lowest BCUT2D eigenvalue weighted by Crippen LogP contribution is -2.30. The average Bonchev–Trinajstić information content (AvgIpc) is 3.04. The molecule has 0 aliphatic carbocycles. The summed E-state index contributed by atoms with van der Waals surface area (Å²) in [6, 6.07) is 2.20. The Morgan fingerprint density at radius 1 is 1.37 bits per heavy atom. The molecule has 1 aliphatic rings. The van der Waals surface area contributed by atoms with Crippen LogP contribution in [0.2, 0.25) is 5.28 Å². The van der Waals surface area contributed by atoms with Gasteiger partial charge in [-0.05, 0) is 35.0 Å². The lowest BCUT2D eigenvalue weighted by Gasteiger charge is -2.28. The second kappa shape index (κ2) is 4.18. The van der Waals surface area contributed by atoms with Gasteiger partial charge < -0.3 is 9.88 Å². The number of aromatic nitrogens is 4. The van der Waals surface area contributed by atoms with Crippen molar-refractivity contribution in [2.45, 2.75) is 13.0 Å². The van der Waals surface area contributed by atoms with E-state index in [4.69, 9.17) is 11.6 Å². The number of H-pyrrole nitrogens is 1. The molecule has 0 amide bonds. The number of halogens is 1. The molecule has 0 bridgehead atoms. The van der Waals surface area contributed by atoms with Gasteiger partial charge in [-0.25, -0.2) is 4.98 Å². The minimum atomic E-state index is 0.242. The highest BCUT2D eigenvalue weighted by molar-refractivity contribution is 7.10. The first kappa shape index (κ1) is 11.2. The van der Waals surface area contributed by atoms with E-state index in [0.29, 0.717) is 5.65 Å². The number of hydrogen-bond donors (Lipinski definition) is 1. The molecule has 1 aliphatic heterocycles. The van der Waals surface area contributed by atoms with Crippen molar-refractivity contribution in [3.63, 3.8) is 0 Å². The van der Waals surface area contributed by atoms with Crippen LogP contribution in [0.5, 0.6) is 0 Å². The van der Waals surface area contributed by atoms with Gasteiger partial charge in [-0.2, -0.15) is 9.97 Å². The van der Waals surface area contributed by atoms with Crippen LogP contribution in [0.4, 0.5) is 5.82 Å². The molecule has 0 saturated heterocycles. The number of nitrogens with zero attached hydrogens (tertiary/aromatic N) is 4. The number of fused-ring (bicyclic) bond motifs is 2. The van der Waals surface area contributed by atoms with Gasteiger partial charge in [0.25, 0.3) is 0 Å². The first-order valence-electron chi connectivity index (χ1n) is 5.98. The second-order valence-electron chi connectivity index (χ2n) is 4.46. The Kier molecular flexibility index (Phi) is 2.46. The van der Waals surface area contributed by atoms with E-state index in [1.165, 1.54) is 10.4 Å². The van der Waals surface area contributed by atoms with Crippen LogP contribution >= 0.6 is 22.9 Å². The molecule has 0 atom stereocenters. The molecule has 0 saturated carbocycles. The molecule has 3 aromatic rings. The van der Waals surface area contributed by atoms with E-state index in [2.05, 4.69) is 36.3 Å². The number of thiophene rings is 1. The summed E-state index contributed by atoms with van der Waals surface area (Å²) in [5.74, 6) is 0.839. The van der Waals surface area contributed by atoms with Gasteiger partial charge in [0.2, 0.25) is 5.28 Å². The highest BCUT2D eigenvalue weighted by Gasteiger charge is 2.21. The van der Waals surface area contributed by atoms with Crippen molar-refractivity contribution >= 4 is 39.9 Å². The van der Waals surface area contributed by atoms with Crippen molar-refractivity contribution in [2.24, 2.45) is 0 Å². The van der Waals surface area contributed by atoms with E-state index in [9.17, 15) is 0 Å². The summed E-state index contributed by atoms with van der Waals surface area (Å²) >= 11 is 7.77. The number of aromatic amines is 1. The summed E-state index contributed by atoms with van der Waals surface area (Å²) < 4.78 is 0. The molecule has 19 heavy (non-hydrogen) atoms. The van der Waals surface area contributed by atoms with Crippen LogP contribution in [0.25, 0.3) is 11.2 Å². The van der Waals surface area contributed by atoms with Crippen molar-refractivity contribution in [2.75, 3.05) is 11.4 Å². The molecule has 0 fully saturated rings. The molecule has 4 heterocycles. The van der Waals surface area contributed by atoms with Crippen molar-refractivity contribution in [3.05, 3.63) is 33.5 Å². The van der Waals surface area contributed by atoms with E-state index < -0.39 is 0 Å². The van der Waals surface area contributed by atoms with Crippen molar-refractivity contribution in [3.8, 4) is 0 Å². The van der Waals surface area contributed by atoms with Crippen LogP contribution in [-0.2, 0) is 13.0 Å². The summed E-state index contributed by atoms with van der Waals surface area (Å²) in [4.78, 5) is 19.4. The summed E-state index contributed by atoms with van der Waals surface area (Å²) in [5.41, 5.74) is 2.92. The first-order chi connectivity index (χ1) is 9.31. The minimum Gasteiger partial charge on any atom is -0.349 e. The molecule has 4 rings (SSSR count). The van der Waals surface area contributed by atoms with E-state index in [0.717, 1.165) is 30.8 Å². The SMILES string of the molecule is Clc1nc(N2CCc3ccsc3C2)c2[nH]cnc2n1. The molecule has 3 aromatic heterocycles. The third kappa shape index (κ3) is 1.79. The number of imidazole rings is 1. The largest absolute Gasteiger partial charge is 0.349 e. The van der Waals surface area contributed by atoms with Gasteiger partial charge in [-0.3, -0.25) is 0 Å². The molecular formula is C12H10ClN5S. The van der Waals surface area contributed by atoms with Gasteiger partial charge in [-0.1, -0.05) is 0 Å². The van der Waals surface area contributed by atoms with Crippen LogP contribution in [0.3, 0.4) is 0 Å². The van der Waals surface area contributed by atoms with Gasteiger partial charge in [0, 0.05) is 11.4 Å². The van der Waals surface area contributed by atoms with E-state index in [1.54, 1.807) is 17.7 Å². The minimum absolute atomic E-state index is 0.242. The fourth-order valence-corrected chi connectivity index (χ4v) is 3.55. The third-order valence-electron chi connectivity index (χ3n) is 3.36. The van der Waals surface area contributed by atoms with Crippen LogP contribution in [0.15, 0.2) is 17.8 Å². The molecule has 1 N–H and O–H groups in total. The molecule has 0 aromatic carbocycles. The highest BCUT2D eigenvalue weighted by atomic mass is 35.5. The molecule has 0 spiro atoms. The Labute approximate surface area is 118 Å². The zero-order valence-electron chi connectivity index (χ0n) is 9.93. The van der Waals surface area contributed by atoms with Gasteiger partial charge in [0.05, 0.1) is 12.9 Å². The first-order valence-corrected chi connectivity index (χ1v) is 7.24. The van der Waals surface area contributed by atoms with Gasteiger partial charge in [0.1, 0.15) is 5.52 Å². The standard InChI is InChI=1S/C12H10ClN5S/c13-12-16-10-9(14-6-15-10)11(17-12)18-3-1-7-2-4-19-8(7)5-18/h2,4,6H,1,3,5H2,(H,14,15,16,17). The lowest BCUT2D eigenvalue weighted by atomic mass is 10.1. The highest BCUT2D eigenvalue weighted by Crippen LogP contribution is 2.30. The quantitative estimate of drug-likeness (QED) is 0.700. The molecular weight excluding hydrogens is 282 g/mol. The Morgan fingerprint density at radius 3 is 3.26 bits per heavy atom. The maximum atomic E-state index is 5.98. The van der Waals surface area contributed by atoms with E-state index in [1.807, 2.05) is 0 Å². The van der Waals surface area contributed by atoms with Crippen LogP contribution in [0, 0.1) is 0 Å². The smallest absolute Gasteiger partial charge is 0.226 e. The summed E-state index contributed by atoms with van der Waals surface area (Å²) in [6.07, 6.45) is 2.66. The van der Waals surface area contributed by atoms with Gasteiger partial charge in [0.15, 0.2) is 11.5 Å². The van der Waals surface area contributed by atoms with E-state index in [-0.39, 0.29) is 5.28 Å². The fraction of sp³-hybridized carbons (Fsp3) is 0.250. The summed E-state index contributed by atoms with van der Waals surface area (Å²) in [7, 11) is 0. The van der Waals surface area contributed by atoms with Crippen molar-refractivity contribution < 1.29 is 0 Å². The second-order valence-corrected chi connectivity index (χ2v) is 5.80. The fourth-order valence-electron chi connectivity index (χ4n) is 2.44. The van der Waals surface area contributed by atoms with Gasteiger partial charge >= 0.3 is 0 Å². The van der Waals surface area contributed by atoms with Crippen LogP contribution in [-0.4, -0.2) is 26.5 Å². The van der Waals surface area contributed by atoms with Crippen LogP contribution < -0.4 is 4.90 Å². The average molecular weight is 292 g/mol. The molecule has 5 nitrogen and oxygen atoms in total. The van der Waals surface area contributed by atoms with E-state index >= 15 is 0 Å². The zero-order chi connectivity index (χ0) is 12.8. The maximum absolute atomic E-state index is 5.98. The number of hydrogen-bond acceptors (Lipinski definition) is 5. The topological polar surface area (TPSA) is 57.7 Å². The molecule has 0 unspecified atom stereocenters. The molecule has 7 heteroatoms. The number of anilines is 1. The Hall–Kier alpha value is -1.66. The third-order valence-corrected chi connectivity index (χ3v) is 4.48. The van der Waals surface area contributed by atoms with Crippen molar-refractivity contribution in [1.29, 1.82) is 0 Å². The molecule has 96 valence electrons. The predicted molar refractivity (Wildman–Crippen MR) is 75.8 cm³/mol. The lowest BCUT2D eigenvalue weighted by molar-refractivity contribution is 0.735. The Morgan fingerprint density at radius 2 is 2.32 bits per heavy atom. The monoisotopic (exact) mass is 291 g/mol. The number of nitrogens with one attached hydrogen (secondary N) is 1. The van der Waals surface area contributed by atoms with Crippen molar-refractivity contribution in [1.82, 2.24) is 19.9 Å². The normalized spacial score (nSPS) is 14.9. The molecule has 0 radical (unpaired) electrons. The predicted octanol–water partition coefficient (Wildman–Crippen LogP) is 2.63. The summed E-state index contributed by atoms with van der Waals surface area (Å²) in [5, 5.41) is 2.39. The Balaban J connectivity index is 1.81. The Bertz CT molecular complexity index is 750. The number of rotatable bonds is 1. The van der Waals surface area contributed by atoms with Gasteiger partial charge in [-0.15, -0.1) is 11.3 Å². The summed E-state index contributed by atoms with van der Waals surface area (Å²) in [6.45, 7) is 1.81. The van der Waals surface area contributed by atoms with Crippen LogP contribution in [0.1, 0.15) is 10.4 Å². The maximum Gasteiger partial charge on any atom is 0.226 e.